The van der Waals surface area contributed by atoms with Gasteiger partial charge in [-0.15, -0.1) is 0 Å². The van der Waals surface area contributed by atoms with Crippen molar-refractivity contribution in [1.29, 1.82) is 0 Å². The second-order valence-electron chi connectivity index (χ2n) is 7.39. The molecule has 0 fully saturated rings. The molecule has 0 amide bonds. The van der Waals surface area contributed by atoms with Gasteiger partial charge in [0.15, 0.2) is 18.1 Å². The molecule has 0 N–H and O–H groups in total. The summed E-state index contributed by atoms with van der Waals surface area (Å²) in [5.74, 6) is 0.956. The summed E-state index contributed by atoms with van der Waals surface area (Å²) in [6.07, 6.45) is 4.08. The number of hydrogen-bond donors (Lipinski definition) is 0. The van der Waals surface area contributed by atoms with E-state index in [1.807, 2.05) is 67.6 Å². The zero-order chi connectivity index (χ0) is 22.3. The number of fused-ring (bicyclic) bond motifs is 1. The molecule has 0 aliphatic heterocycles. The van der Waals surface area contributed by atoms with Crippen molar-refractivity contribution in [2.75, 3.05) is 13.7 Å². The largest absolute Gasteiger partial charge is 0.493 e. The second kappa shape index (κ2) is 9.84. The molecule has 0 atom stereocenters. The molecule has 0 spiro atoms. The fourth-order valence-electron chi connectivity index (χ4n) is 3.38. The van der Waals surface area contributed by atoms with E-state index in [0.717, 1.165) is 16.7 Å². The van der Waals surface area contributed by atoms with Gasteiger partial charge in [0.05, 0.1) is 7.11 Å². The van der Waals surface area contributed by atoms with Crippen molar-refractivity contribution in [2.24, 2.45) is 0 Å². The van der Waals surface area contributed by atoms with E-state index in [1.165, 1.54) is 10.8 Å². The van der Waals surface area contributed by atoms with Gasteiger partial charge in [-0.2, -0.15) is 0 Å². The standard InChI is InChI=1S/C28H24O4/c1-20-10-15-24(16-11-20)31-19-28(29)32-26-17-13-21(18-27(26)30-2)12-14-23-8-5-7-22-6-3-4-9-25(22)23/h3-18H,19H2,1-2H3. The Kier molecular flexibility index (Phi) is 6.52. The molecule has 0 unspecified atom stereocenters. The lowest BCUT2D eigenvalue weighted by Crippen LogP contribution is -2.18. The Labute approximate surface area is 187 Å². The molecule has 0 saturated heterocycles. The lowest BCUT2D eigenvalue weighted by atomic mass is 10.0. The number of esters is 1. The van der Waals surface area contributed by atoms with E-state index in [-0.39, 0.29) is 6.61 Å². The Morgan fingerprint density at radius 3 is 2.44 bits per heavy atom. The summed E-state index contributed by atoms with van der Waals surface area (Å²) in [6, 6.07) is 27.4. The monoisotopic (exact) mass is 424 g/mol. The first kappa shape index (κ1) is 21.2. The van der Waals surface area contributed by atoms with Crippen molar-refractivity contribution in [3.63, 3.8) is 0 Å². The van der Waals surface area contributed by atoms with Gasteiger partial charge < -0.3 is 14.2 Å². The molecule has 0 heterocycles. The van der Waals surface area contributed by atoms with Crippen molar-refractivity contribution in [1.82, 2.24) is 0 Å². The van der Waals surface area contributed by atoms with Crippen LogP contribution in [0.4, 0.5) is 0 Å². The molecule has 0 bridgehead atoms. The minimum atomic E-state index is -0.497. The maximum absolute atomic E-state index is 12.2. The van der Waals surface area contributed by atoms with Crippen LogP contribution < -0.4 is 14.2 Å². The predicted molar refractivity (Wildman–Crippen MR) is 128 cm³/mol. The van der Waals surface area contributed by atoms with Crippen molar-refractivity contribution < 1.29 is 19.0 Å². The molecule has 4 nitrogen and oxygen atoms in total. The highest BCUT2D eigenvalue weighted by atomic mass is 16.6. The Hall–Kier alpha value is -4.05. The van der Waals surface area contributed by atoms with Gasteiger partial charge in [-0.25, -0.2) is 4.79 Å². The van der Waals surface area contributed by atoms with Crippen LogP contribution in [0.5, 0.6) is 17.2 Å². The van der Waals surface area contributed by atoms with E-state index >= 15 is 0 Å². The summed E-state index contributed by atoms with van der Waals surface area (Å²) in [4.78, 5) is 12.2. The van der Waals surface area contributed by atoms with Gasteiger partial charge in [-0.3, -0.25) is 0 Å². The molecule has 4 aromatic rings. The van der Waals surface area contributed by atoms with Gasteiger partial charge in [0.1, 0.15) is 5.75 Å². The first-order valence-electron chi connectivity index (χ1n) is 10.4. The van der Waals surface area contributed by atoms with Crippen LogP contribution in [0.25, 0.3) is 22.9 Å². The summed E-state index contributed by atoms with van der Waals surface area (Å²) < 4.78 is 16.4. The quantitative estimate of drug-likeness (QED) is 0.198. The number of rotatable bonds is 7. The third kappa shape index (κ3) is 5.16. The number of aryl methyl sites for hydroxylation is 1. The van der Waals surface area contributed by atoms with Gasteiger partial charge >= 0.3 is 5.97 Å². The highest BCUT2D eigenvalue weighted by molar-refractivity contribution is 5.92. The first-order chi connectivity index (χ1) is 15.6. The summed E-state index contributed by atoms with van der Waals surface area (Å²) >= 11 is 0. The van der Waals surface area contributed by atoms with E-state index in [1.54, 1.807) is 13.2 Å². The van der Waals surface area contributed by atoms with Gasteiger partial charge in [-0.1, -0.05) is 78.4 Å². The molecule has 4 rings (SSSR count). The Bertz CT molecular complexity index is 1250. The normalized spacial score (nSPS) is 10.9. The number of carbonyl (C=O) groups is 1. The fraction of sp³-hybridized carbons (Fsp3) is 0.107. The maximum Gasteiger partial charge on any atom is 0.349 e. The van der Waals surface area contributed by atoms with Crippen molar-refractivity contribution in [3.05, 3.63) is 102 Å². The van der Waals surface area contributed by atoms with Crippen LogP contribution in [-0.2, 0) is 4.79 Å². The minimum Gasteiger partial charge on any atom is -0.493 e. The van der Waals surface area contributed by atoms with E-state index < -0.39 is 5.97 Å². The summed E-state index contributed by atoms with van der Waals surface area (Å²) in [5.41, 5.74) is 3.19. The van der Waals surface area contributed by atoms with Crippen molar-refractivity contribution in [2.45, 2.75) is 6.92 Å². The number of hydrogen-bond acceptors (Lipinski definition) is 4. The number of ether oxygens (including phenoxy) is 3. The van der Waals surface area contributed by atoms with Crippen LogP contribution >= 0.6 is 0 Å². The summed E-state index contributed by atoms with van der Waals surface area (Å²) in [7, 11) is 1.55. The fourth-order valence-corrected chi connectivity index (χ4v) is 3.38. The van der Waals surface area contributed by atoms with E-state index in [2.05, 4.69) is 30.3 Å². The Morgan fingerprint density at radius 2 is 1.62 bits per heavy atom. The maximum atomic E-state index is 12.2. The van der Waals surface area contributed by atoms with E-state index in [0.29, 0.717) is 17.2 Å². The molecule has 4 heteroatoms. The van der Waals surface area contributed by atoms with Gasteiger partial charge in [-0.05, 0) is 53.1 Å². The molecule has 0 saturated carbocycles. The molecule has 0 aromatic heterocycles. The number of methoxy groups -OCH3 is 1. The summed E-state index contributed by atoms with van der Waals surface area (Å²) in [5, 5.41) is 2.39. The SMILES string of the molecule is COc1cc(C=Cc2cccc3ccccc23)ccc1OC(=O)COc1ccc(C)cc1. The van der Waals surface area contributed by atoms with E-state index in [9.17, 15) is 4.79 Å². The molecule has 0 aliphatic rings. The predicted octanol–water partition coefficient (Wildman–Crippen LogP) is 6.31. The third-order valence-electron chi connectivity index (χ3n) is 5.07. The van der Waals surface area contributed by atoms with Crippen LogP contribution in [0.1, 0.15) is 16.7 Å². The third-order valence-corrected chi connectivity index (χ3v) is 5.07. The molecular weight excluding hydrogens is 400 g/mol. The highest BCUT2D eigenvalue weighted by Crippen LogP contribution is 2.29. The molecule has 32 heavy (non-hydrogen) atoms. The smallest absolute Gasteiger partial charge is 0.349 e. The number of benzene rings is 4. The zero-order valence-corrected chi connectivity index (χ0v) is 18.1. The molecule has 4 aromatic carbocycles. The molecule has 0 aliphatic carbocycles. The lowest BCUT2D eigenvalue weighted by molar-refractivity contribution is -0.136. The van der Waals surface area contributed by atoms with Crippen molar-refractivity contribution in [3.8, 4) is 17.2 Å². The minimum absolute atomic E-state index is 0.186. The van der Waals surface area contributed by atoms with Crippen LogP contribution in [-0.4, -0.2) is 19.7 Å². The average Bonchev–Trinajstić information content (AvgIpc) is 2.83. The van der Waals surface area contributed by atoms with Crippen LogP contribution in [0.15, 0.2) is 84.9 Å². The van der Waals surface area contributed by atoms with Gasteiger partial charge in [0.2, 0.25) is 0 Å². The zero-order valence-electron chi connectivity index (χ0n) is 18.1. The van der Waals surface area contributed by atoms with Crippen LogP contribution in [0, 0.1) is 6.92 Å². The topological polar surface area (TPSA) is 44.8 Å². The summed E-state index contributed by atoms with van der Waals surface area (Å²) in [6.45, 7) is 1.81. The van der Waals surface area contributed by atoms with Gasteiger partial charge in [0, 0.05) is 0 Å². The number of carbonyl (C=O) groups excluding carboxylic acids is 1. The van der Waals surface area contributed by atoms with E-state index in [4.69, 9.17) is 14.2 Å². The highest BCUT2D eigenvalue weighted by Gasteiger charge is 2.11. The Balaban J connectivity index is 1.44. The molecule has 160 valence electrons. The second-order valence-corrected chi connectivity index (χ2v) is 7.39. The average molecular weight is 424 g/mol. The van der Waals surface area contributed by atoms with Gasteiger partial charge in [0.25, 0.3) is 0 Å². The molecule has 0 radical (unpaired) electrons. The first-order valence-corrected chi connectivity index (χ1v) is 10.4. The van der Waals surface area contributed by atoms with Crippen LogP contribution in [0.2, 0.25) is 0 Å². The van der Waals surface area contributed by atoms with Crippen LogP contribution in [0.3, 0.4) is 0 Å². The molecular formula is C28H24O4. The van der Waals surface area contributed by atoms with Crippen molar-refractivity contribution >= 4 is 28.9 Å². The lowest BCUT2D eigenvalue weighted by Gasteiger charge is -2.11. The Morgan fingerprint density at radius 1 is 0.844 bits per heavy atom.